The maximum atomic E-state index is 11.9. The SMILES string of the molecule is Cc1cccc(CNC(=O)c2ccc(O)c(Cl)c2)c1. The number of carbonyl (C=O) groups is 1. The molecule has 19 heavy (non-hydrogen) atoms. The zero-order valence-corrected chi connectivity index (χ0v) is 11.2. The minimum absolute atomic E-state index is 0.0306. The van der Waals surface area contributed by atoms with Crippen LogP contribution in [0.2, 0.25) is 5.02 Å². The van der Waals surface area contributed by atoms with Gasteiger partial charge < -0.3 is 10.4 Å². The number of phenolic OH excluding ortho intramolecular Hbond substituents is 1. The van der Waals surface area contributed by atoms with Gasteiger partial charge in [-0.25, -0.2) is 0 Å². The molecule has 0 saturated heterocycles. The highest BCUT2D eigenvalue weighted by Crippen LogP contribution is 2.23. The fourth-order valence-electron chi connectivity index (χ4n) is 1.75. The third kappa shape index (κ3) is 3.48. The van der Waals surface area contributed by atoms with Gasteiger partial charge in [0.25, 0.3) is 5.91 Å². The summed E-state index contributed by atoms with van der Waals surface area (Å²) in [6.07, 6.45) is 0. The normalized spacial score (nSPS) is 10.2. The highest BCUT2D eigenvalue weighted by molar-refractivity contribution is 6.32. The van der Waals surface area contributed by atoms with Crippen molar-refractivity contribution in [3.8, 4) is 5.75 Å². The molecule has 0 aliphatic heterocycles. The zero-order valence-electron chi connectivity index (χ0n) is 10.5. The summed E-state index contributed by atoms with van der Waals surface area (Å²) < 4.78 is 0. The first-order chi connectivity index (χ1) is 9.06. The molecule has 0 radical (unpaired) electrons. The molecule has 0 aliphatic carbocycles. The fourth-order valence-corrected chi connectivity index (χ4v) is 1.94. The van der Waals surface area contributed by atoms with E-state index in [1.54, 1.807) is 0 Å². The summed E-state index contributed by atoms with van der Waals surface area (Å²) in [6.45, 7) is 2.46. The summed E-state index contributed by atoms with van der Waals surface area (Å²) in [5.41, 5.74) is 2.62. The van der Waals surface area contributed by atoms with Crippen LogP contribution in [0.1, 0.15) is 21.5 Å². The summed E-state index contributed by atoms with van der Waals surface area (Å²) in [5.74, 6) is -0.250. The van der Waals surface area contributed by atoms with Gasteiger partial charge in [-0.3, -0.25) is 4.79 Å². The van der Waals surface area contributed by atoms with E-state index in [-0.39, 0.29) is 16.7 Å². The summed E-state index contributed by atoms with van der Waals surface area (Å²) in [6, 6.07) is 12.3. The van der Waals surface area contributed by atoms with Crippen LogP contribution < -0.4 is 5.32 Å². The third-order valence-corrected chi connectivity index (χ3v) is 3.05. The molecule has 0 fully saturated rings. The molecule has 4 heteroatoms. The molecular formula is C15H14ClNO2. The van der Waals surface area contributed by atoms with E-state index < -0.39 is 0 Å². The van der Waals surface area contributed by atoms with Crippen LogP contribution in [0.5, 0.6) is 5.75 Å². The summed E-state index contributed by atoms with van der Waals surface area (Å²) in [7, 11) is 0. The first-order valence-electron chi connectivity index (χ1n) is 5.88. The molecule has 0 saturated carbocycles. The van der Waals surface area contributed by atoms with E-state index in [1.807, 2.05) is 31.2 Å². The van der Waals surface area contributed by atoms with Crippen LogP contribution in [-0.4, -0.2) is 11.0 Å². The van der Waals surface area contributed by atoms with Gasteiger partial charge in [0.1, 0.15) is 5.75 Å². The second-order valence-corrected chi connectivity index (χ2v) is 4.75. The summed E-state index contributed by atoms with van der Waals surface area (Å²) in [4.78, 5) is 11.9. The largest absolute Gasteiger partial charge is 0.506 e. The average Bonchev–Trinajstić information content (AvgIpc) is 2.39. The maximum absolute atomic E-state index is 11.9. The van der Waals surface area contributed by atoms with Crippen molar-refractivity contribution >= 4 is 17.5 Å². The van der Waals surface area contributed by atoms with Gasteiger partial charge in [-0.15, -0.1) is 0 Å². The van der Waals surface area contributed by atoms with E-state index in [0.717, 1.165) is 11.1 Å². The van der Waals surface area contributed by atoms with Crippen molar-refractivity contribution in [3.05, 3.63) is 64.2 Å². The van der Waals surface area contributed by atoms with E-state index in [1.165, 1.54) is 18.2 Å². The van der Waals surface area contributed by atoms with E-state index in [9.17, 15) is 9.90 Å². The van der Waals surface area contributed by atoms with Crippen molar-refractivity contribution in [3.63, 3.8) is 0 Å². The Hall–Kier alpha value is -2.00. The number of phenols is 1. The molecule has 0 aliphatic rings. The molecule has 0 unspecified atom stereocenters. The molecule has 2 rings (SSSR count). The van der Waals surface area contributed by atoms with E-state index in [2.05, 4.69) is 5.32 Å². The maximum Gasteiger partial charge on any atom is 0.251 e. The molecule has 2 aromatic rings. The van der Waals surface area contributed by atoms with Gasteiger partial charge in [0.15, 0.2) is 0 Å². The van der Waals surface area contributed by atoms with Gasteiger partial charge in [-0.2, -0.15) is 0 Å². The van der Waals surface area contributed by atoms with Crippen LogP contribution in [-0.2, 0) is 6.54 Å². The second-order valence-electron chi connectivity index (χ2n) is 4.34. The molecule has 2 N–H and O–H groups in total. The summed E-state index contributed by atoms with van der Waals surface area (Å²) in [5, 5.41) is 12.3. The molecular weight excluding hydrogens is 262 g/mol. The molecule has 0 spiro atoms. The van der Waals surface area contributed by atoms with Gasteiger partial charge in [0, 0.05) is 12.1 Å². The van der Waals surface area contributed by atoms with E-state index in [4.69, 9.17) is 11.6 Å². The molecule has 0 atom stereocenters. The van der Waals surface area contributed by atoms with Crippen LogP contribution in [0.3, 0.4) is 0 Å². The molecule has 0 bridgehead atoms. The van der Waals surface area contributed by atoms with Crippen molar-refractivity contribution in [1.82, 2.24) is 5.32 Å². The number of benzene rings is 2. The number of halogens is 1. The zero-order chi connectivity index (χ0) is 13.8. The molecule has 98 valence electrons. The Bertz CT molecular complexity index is 611. The van der Waals surface area contributed by atoms with Gasteiger partial charge in [0.2, 0.25) is 0 Å². The number of hydrogen-bond donors (Lipinski definition) is 2. The molecule has 1 amide bonds. The monoisotopic (exact) mass is 275 g/mol. The van der Waals surface area contributed by atoms with Gasteiger partial charge in [-0.1, -0.05) is 41.4 Å². The topological polar surface area (TPSA) is 49.3 Å². The minimum atomic E-state index is -0.219. The number of amides is 1. The minimum Gasteiger partial charge on any atom is -0.506 e. The van der Waals surface area contributed by atoms with Crippen molar-refractivity contribution in [1.29, 1.82) is 0 Å². The second kappa shape index (κ2) is 5.76. The predicted octanol–water partition coefficient (Wildman–Crippen LogP) is 3.28. The van der Waals surface area contributed by atoms with Crippen molar-refractivity contribution in [2.75, 3.05) is 0 Å². The van der Waals surface area contributed by atoms with Gasteiger partial charge in [0.05, 0.1) is 5.02 Å². The number of rotatable bonds is 3. The third-order valence-electron chi connectivity index (χ3n) is 2.75. The average molecular weight is 276 g/mol. The Morgan fingerprint density at radius 2 is 2.05 bits per heavy atom. The number of aromatic hydroxyl groups is 1. The van der Waals surface area contributed by atoms with Gasteiger partial charge >= 0.3 is 0 Å². The Balaban J connectivity index is 2.03. The Morgan fingerprint density at radius 1 is 1.26 bits per heavy atom. The van der Waals surface area contributed by atoms with Crippen LogP contribution in [0.15, 0.2) is 42.5 Å². The van der Waals surface area contributed by atoms with Crippen LogP contribution >= 0.6 is 11.6 Å². The van der Waals surface area contributed by atoms with Crippen molar-refractivity contribution < 1.29 is 9.90 Å². The fraction of sp³-hybridized carbons (Fsp3) is 0.133. The van der Waals surface area contributed by atoms with Crippen molar-refractivity contribution in [2.24, 2.45) is 0 Å². The number of aryl methyl sites for hydroxylation is 1. The highest BCUT2D eigenvalue weighted by Gasteiger charge is 2.08. The highest BCUT2D eigenvalue weighted by atomic mass is 35.5. The first-order valence-corrected chi connectivity index (χ1v) is 6.26. The first kappa shape index (κ1) is 13.4. The smallest absolute Gasteiger partial charge is 0.251 e. The molecule has 0 heterocycles. The lowest BCUT2D eigenvalue weighted by Crippen LogP contribution is -2.22. The lowest BCUT2D eigenvalue weighted by molar-refractivity contribution is 0.0951. The van der Waals surface area contributed by atoms with Crippen LogP contribution in [0, 0.1) is 6.92 Å². The molecule has 3 nitrogen and oxygen atoms in total. The Morgan fingerprint density at radius 3 is 2.74 bits per heavy atom. The van der Waals surface area contributed by atoms with E-state index in [0.29, 0.717) is 12.1 Å². The van der Waals surface area contributed by atoms with Crippen molar-refractivity contribution in [2.45, 2.75) is 13.5 Å². The van der Waals surface area contributed by atoms with Crippen LogP contribution in [0.4, 0.5) is 0 Å². The molecule has 2 aromatic carbocycles. The van der Waals surface area contributed by atoms with Gasteiger partial charge in [-0.05, 0) is 30.7 Å². The Labute approximate surface area is 116 Å². The number of carbonyl (C=O) groups excluding carboxylic acids is 1. The number of nitrogens with one attached hydrogen (secondary N) is 1. The quantitative estimate of drug-likeness (QED) is 0.903. The summed E-state index contributed by atoms with van der Waals surface area (Å²) >= 11 is 5.77. The lowest BCUT2D eigenvalue weighted by atomic mass is 10.1. The standard InChI is InChI=1S/C15H14ClNO2/c1-10-3-2-4-11(7-10)9-17-15(19)12-5-6-14(18)13(16)8-12/h2-8,18H,9H2,1H3,(H,17,19). The van der Waals surface area contributed by atoms with E-state index >= 15 is 0 Å². The lowest BCUT2D eigenvalue weighted by Gasteiger charge is -2.07. The predicted molar refractivity (Wildman–Crippen MR) is 75.5 cm³/mol. The molecule has 0 aromatic heterocycles. The van der Waals surface area contributed by atoms with Crippen LogP contribution in [0.25, 0.3) is 0 Å². The number of hydrogen-bond acceptors (Lipinski definition) is 2. The Kier molecular flexibility index (Phi) is 4.07.